The second-order valence-electron chi connectivity index (χ2n) is 4.88. The van der Waals surface area contributed by atoms with Crippen LogP contribution in [0.15, 0.2) is 36.4 Å². The SMILES string of the molecule is O=C1CCc2cc(Oc3ccc(F)cc3CO)ccc2N1. The molecule has 21 heavy (non-hydrogen) atoms. The van der Waals surface area contributed by atoms with Crippen LogP contribution in [0, 0.1) is 5.82 Å². The molecule has 1 aliphatic rings. The third-order valence-electron chi connectivity index (χ3n) is 3.39. The quantitative estimate of drug-likeness (QED) is 0.912. The summed E-state index contributed by atoms with van der Waals surface area (Å²) >= 11 is 0. The van der Waals surface area contributed by atoms with E-state index in [1.807, 2.05) is 6.07 Å². The summed E-state index contributed by atoms with van der Waals surface area (Å²) < 4.78 is 18.8. The Labute approximate surface area is 121 Å². The van der Waals surface area contributed by atoms with Crippen LogP contribution in [0.5, 0.6) is 11.5 Å². The Morgan fingerprint density at radius 3 is 2.86 bits per heavy atom. The zero-order valence-electron chi connectivity index (χ0n) is 11.2. The lowest BCUT2D eigenvalue weighted by Crippen LogP contribution is -2.18. The number of hydrogen-bond acceptors (Lipinski definition) is 3. The summed E-state index contributed by atoms with van der Waals surface area (Å²) in [6.07, 6.45) is 1.11. The molecule has 2 aromatic rings. The van der Waals surface area contributed by atoms with Gasteiger partial charge in [0.15, 0.2) is 0 Å². The monoisotopic (exact) mass is 287 g/mol. The summed E-state index contributed by atoms with van der Waals surface area (Å²) in [5, 5.41) is 12.0. The minimum absolute atomic E-state index is 0.0114. The molecule has 0 saturated heterocycles. The van der Waals surface area contributed by atoms with E-state index in [-0.39, 0.29) is 12.5 Å². The fraction of sp³-hybridized carbons (Fsp3) is 0.188. The molecule has 0 fully saturated rings. The Morgan fingerprint density at radius 2 is 2.05 bits per heavy atom. The Balaban J connectivity index is 1.87. The van der Waals surface area contributed by atoms with Gasteiger partial charge in [0.2, 0.25) is 5.91 Å². The summed E-state index contributed by atoms with van der Waals surface area (Å²) in [5.74, 6) is 0.599. The van der Waals surface area contributed by atoms with Gasteiger partial charge in [-0.25, -0.2) is 4.39 Å². The standard InChI is InChI=1S/C16H14FNO3/c17-12-2-5-15(11(7-12)9-19)21-13-3-4-14-10(8-13)1-6-16(20)18-14/h2-5,7-8,19H,1,6,9H2,(H,18,20). The molecule has 0 aliphatic carbocycles. The van der Waals surface area contributed by atoms with Gasteiger partial charge < -0.3 is 15.2 Å². The van der Waals surface area contributed by atoms with Crippen molar-refractivity contribution in [3.8, 4) is 11.5 Å². The van der Waals surface area contributed by atoms with Crippen LogP contribution in [0.3, 0.4) is 0 Å². The number of benzene rings is 2. The summed E-state index contributed by atoms with van der Waals surface area (Å²) in [7, 11) is 0. The highest BCUT2D eigenvalue weighted by atomic mass is 19.1. The van der Waals surface area contributed by atoms with Crippen molar-refractivity contribution in [1.29, 1.82) is 0 Å². The van der Waals surface area contributed by atoms with Gasteiger partial charge in [0.25, 0.3) is 0 Å². The number of nitrogens with one attached hydrogen (secondary N) is 1. The number of fused-ring (bicyclic) bond motifs is 1. The van der Waals surface area contributed by atoms with E-state index in [1.165, 1.54) is 18.2 Å². The van der Waals surface area contributed by atoms with Crippen molar-refractivity contribution in [2.45, 2.75) is 19.4 Å². The van der Waals surface area contributed by atoms with Gasteiger partial charge in [0, 0.05) is 17.7 Å². The Hall–Kier alpha value is -2.40. The maximum atomic E-state index is 13.1. The van der Waals surface area contributed by atoms with Gasteiger partial charge in [-0.3, -0.25) is 4.79 Å². The molecule has 0 spiro atoms. The van der Waals surface area contributed by atoms with Crippen LogP contribution in [0.2, 0.25) is 0 Å². The Bertz CT molecular complexity index is 700. The van der Waals surface area contributed by atoms with Crippen LogP contribution in [0.25, 0.3) is 0 Å². The van der Waals surface area contributed by atoms with Gasteiger partial charge in [-0.2, -0.15) is 0 Å². The van der Waals surface area contributed by atoms with Gasteiger partial charge in [-0.05, 0) is 48.4 Å². The topological polar surface area (TPSA) is 58.6 Å². The predicted molar refractivity (Wildman–Crippen MR) is 75.8 cm³/mol. The van der Waals surface area contributed by atoms with Crippen LogP contribution < -0.4 is 10.1 Å². The fourth-order valence-corrected chi connectivity index (χ4v) is 2.32. The molecule has 1 amide bonds. The number of carbonyl (C=O) groups is 1. The lowest BCUT2D eigenvalue weighted by atomic mass is 10.0. The summed E-state index contributed by atoms with van der Waals surface area (Å²) in [6, 6.07) is 9.38. The number of hydrogen-bond donors (Lipinski definition) is 2. The first-order valence-electron chi connectivity index (χ1n) is 6.65. The van der Waals surface area contributed by atoms with E-state index in [0.717, 1.165) is 11.3 Å². The number of carbonyl (C=O) groups excluding carboxylic acids is 1. The third kappa shape index (κ3) is 2.87. The fourth-order valence-electron chi connectivity index (χ4n) is 2.32. The van der Waals surface area contributed by atoms with E-state index in [0.29, 0.717) is 29.9 Å². The second-order valence-corrected chi connectivity index (χ2v) is 4.88. The molecular formula is C16H14FNO3. The van der Waals surface area contributed by atoms with Crippen molar-refractivity contribution in [3.63, 3.8) is 0 Å². The van der Waals surface area contributed by atoms with Crippen molar-refractivity contribution in [2.24, 2.45) is 0 Å². The first-order chi connectivity index (χ1) is 10.2. The molecule has 0 atom stereocenters. The lowest BCUT2D eigenvalue weighted by molar-refractivity contribution is -0.116. The minimum atomic E-state index is -0.417. The van der Waals surface area contributed by atoms with Gasteiger partial charge in [0.1, 0.15) is 17.3 Å². The molecule has 1 heterocycles. The molecule has 0 radical (unpaired) electrons. The molecule has 5 heteroatoms. The van der Waals surface area contributed by atoms with E-state index in [4.69, 9.17) is 4.74 Å². The zero-order chi connectivity index (χ0) is 14.8. The van der Waals surface area contributed by atoms with Crippen molar-refractivity contribution in [1.82, 2.24) is 0 Å². The average molecular weight is 287 g/mol. The summed E-state index contributed by atoms with van der Waals surface area (Å²) in [6.45, 7) is -0.298. The number of amides is 1. The second kappa shape index (κ2) is 5.54. The van der Waals surface area contributed by atoms with E-state index in [2.05, 4.69) is 5.32 Å². The average Bonchev–Trinajstić information content (AvgIpc) is 2.49. The third-order valence-corrected chi connectivity index (χ3v) is 3.39. The minimum Gasteiger partial charge on any atom is -0.457 e. The van der Waals surface area contributed by atoms with Crippen LogP contribution in [-0.2, 0) is 17.8 Å². The highest BCUT2D eigenvalue weighted by molar-refractivity contribution is 5.94. The van der Waals surface area contributed by atoms with Crippen molar-refractivity contribution >= 4 is 11.6 Å². The summed E-state index contributed by atoms with van der Waals surface area (Å²) in [5.41, 5.74) is 2.18. The first-order valence-corrected chi connectivity index (χ1v) is 6.65. The molecular weight excluding hydrogens is 273 g/mol. The molecule has 0 bridgehead atoms. The molecule has 2 N–H and O–H groups in total. The molecule has 0 aromatic heterocycles. The first kappa shape index (κ1) is 13.6. The summed E-state index contributed by atoms with van der Waals surface area (Å²) in [4.78, 5) is 11.3. The van der Waals surface area contributed by atoms with E-state index >= 15 is 0 Å². The highest BCUT2D eigenvalue weighted by Crippen LogP contribution is 2.31. The predicted octanol–water partition coefficient (Wildman–Crippen LogP) is 3.00. The van der Waals surface area contributed by atoms with Gasteiger partial charge in [0.05, 0.1) is 6.61 Å². The van der Waals surface area contributed by atoms with Gasteiger partial charge in [-0.15, -0.1) is 0 Å². The smallest absolute Gasteiger partial charge is 0.224 e. The maximum Gasteiger partial charge on any atom is 0.224 e. The van der Waals surface area contributed by atoms with Crippen LogP contribution >= 0.6 is 0 Å². The van der Waals surface area contributed by atoms with Crippen LogP contribution in [-0.4, -0.2) is 11.0 Å². The molecule has 4 nitrogen and oxygen atoms in total. The number of ether oxygens (including phenoxy) is 1. The normalized spacial score (nSPS) is 13.5. The molecule has 0 unspecified atom stereocenters. The number of rotatable bonds is 3. The largest absolute Gasteiger partial charge is 0.457 e. The number of halogens is 1. The Kier molecular flexibility index (Phi) is 3.58. The molecule has 1 aliphatic heterocycles. The number of aliphatic hydroxyl groups excluding tert-OH is 1. The number of aliphatic hydroxyl groups is 1. The van der Waals surface area contributed by atoms with Crippen LogP contribution in [0.1, 0.15) is 17.5 Å². The van der Waals surface area contributed by atoms with Gasteiger partial charge >= 0.3 is 0 Å². The molecule has 108 valence electrons. The number of anilines is 1. The zero-order valence-corrected chi connectivity index (χ0v) is 11.2. The lowest BCUT2D eigenvalue weighted by Gasteiger charge is -2.18. The van der Waals surface area contributed by atoms with E-state index in [1.54, 1.807) is 12.1 Å². The molecule has 3 rings (SSSR count). The van der Waals surface area contributed by atoms with E-state index in [9.17, 15) is 14.3 Å². The van der Waals surface area contributed by atoms with Crippen molar-refractivity contribution in [2.75, 3.05) is 5.32 Å². The highest BCUT2D eigenvalue weighted by Gasteiger charge is 2.15. The van der Waals surface area contributed by atoms with E-state index < -0.39 is 5.82 Å². The van der Waals surface area contributed by atoms with Crippen molar-refractivity contribution in [3.05, 3.63) is 53.3 Å². The molecule has 0 saturated carbocycles. The number of aryl methyl sites for hydroxylation is 1. The van der Waals surface area contributed by atoms with Gasteiger partial charge in [-0.1, -0.05) is 0 Å². The maximum absolute atomic E-state index is 13.1. The van der Waals surface area contributed by atoms with Crippen molar-refractivity contribution < 1.29 is 19.0 Å². The Morgan fingerprint density at radius 1 is 1.19 bits per heavy atom. The van der Waals surface area contributed by atoms with Crippen LogP contribution in [0.4, 0.5) is 10.1 Å². The molecule has 2 aromatic carbocycles.